The lowest BCUT2D eigenvalue weighted by atomic mass is 10.1. The Morgan fingerprint density at radius 1 is 1.38 bits per heavy atom. The number of aromatic nitrogens is 2. The van der Waals surface area contributed by atoms with E-state index in [0.717, 1.165) is 23.7 Å². The minimum Gasteiger partial charge on any atom is -0.339 e. The Bertz CT molecular complexity index is 995. The summed E-state index contributed by atoms with van der Waals surface area (Å²) < 4.78 is 23.2. The summed E-state index contributed by atoms with van der Waals surface area (Å²) in [7, 11) is -1.88. The summed E-state index contributed by atoms with van der Waals surface area (Å²) in [6, 6.07) is 7.21. The fourth-order valence-electron chi connectivity index (χ4n) is 2.41. The molecule has 2 heterocycles. The van der Waals surface area contributed by atoms with Gasteiger partial charge in [-0.05, 0) is 23.8 Å². The number of carbonyl (C=O) groups is 1. The second-order valence-corrected chi connectivity index (χ2v) is 7.31. The van der Waals surface area contributed by atoms with Crippen LogP contribution in [0.3, 0.4) is 0 Å². The van der Waals surface area contributed by atoms with Crippen LogP contribution in [0, 0.1) is 11.3 Å². The lowest BCUT2D eigenvalue weighted by Crippen LogP contribution is -2.20. The Morgan fingerprint density at radius 3 is 2.79 bits per heavy atom. The predicted octanol–water partition coefficient (Wildman–Crippen LogP) is 1.01. The van der Waals surface area contributed by atoms with Gasteiger partial charge in [-0.3, -0.25) is 4.79 Å². The summed E-state index contributed by atoms with van der Waals surface area (Å²) in [5.41, 5.74) is 2.40. The maximum absolute atomic E-state index is 11.7. The lowest BCUT2D eigenvalue weighted by Gasteiger charge is -2.12. The van der Waals surface area contributed by atoms with E-state index in [4.69, 9.17) is 5.26 Å². The SMILES string of the molecule is CN1C(=O)Cc2cc(Nc3nc(S(C)(=O)=O)ncc3C#N)ccc21. The summed E-state index contributed by atoms with van der Waals surface area (Å²) in [4.78, 5) is 20.9. The minimum absolute atomic E-state index is 0.00117. The van der Waals surface area contributed by atoms with E-state index in [1.54, 1.807) is 30.1 Å². The van der Waals surface area contributed by atoms with Gasteiger partial charge < -0.3 is 10.2 Å². The topological polar surface area (TPSA) is 116 Å². The third kappa shape index (κ3) is 2.79. The molecule has 0 bridgehead atoms. The first kappa shape index (κ1) is 15.9. The second-order valence-electron chi connectivity index (χ2n) is 5.40. The second kappa shape index (κ2) is 5.58. The molecule has 0 fully saturated rings. The van der Waals surface area contributed by atoms with Gasteiger partial charge >= 0.3 is 0 Å². The average Bonchev–Trinajstić information content (AvgIpc) is 2.80. The number of rotatable bonds is 3. The Hall–Kier alpha value is -2.99. The van der Waals surface area contributed by atoms with Crippen molar-refractivity contribution in [1.29, 1.82) is 5.26 Å². The van der Waals surface area contributed by atoms with Crippen LogP contribution in [0.25, 0.3) is 0 Å². The quantitative estimate of drug-likeness (QED) is 0.827. The molecule has 0 saturated carbocycles. The van der Waals surface area contributed by atoms with Crippen molar-refractivity contribution in [2.75, 3.05) is 23.5 Å². The Morgan fingerprint density at radius 2 is 2.12 bits per heavy atom. The van der Waals surface area contributed by atoms with Gasteiger partial charge in [-0.2, -0.15) is 10.2 Å². The number of fused-ring (bicyclic) bond motifs is 1. The van der Waals surface area contributed by atoms with Crippen LogP contribution in [0.4, 0.5) is 17.2 Å². The van der Waals surface area contributed by atoms with E-state index < -0.39 is 9.84 Å². The molecule has 0 unspecified atom stereocenters. The molecule has 1 amide bonds. The highest BCUT2D eigenvalue weighted by molar-refractivity contribution is 7.90. The molecule has 1 aliphatic rings. The third-order valence-corrected chi connectivity index (χ3v) is 4.50. The largest absolute Gasteiger partial charge is 0.339 e. The van der Waals surface area contributed by atoms with Crippen LogP contribution >= 0.6 is 0 Å². The van der Waals surface area contributed by atoms with Crippen LogP contribution in [0.5, 0.6) is 0 Å². The highest BCUT2D eigenvalue weighted by Crippen LogP contribution is 2.31. The average molecular weight is 343 g/mol. The zero-order valence-electron chi connectivity index (χ0n) is 12.9. The number of hydrogen-bond donors (Lipinski definition) is 1. The van der Waals surface area contributed by atoms with Crippen molar-refractivity contribution in [2.45, 2.75) is 11.6 Å². The molecule has 24 heavy (non-hydrogen) atoms. The Labute approximate surface area is 138 Å². The fraction of sp³-hybridized carbons (Fsp3) is 0.200. The van der Waals surface area contributed by atoms with Crippen LogP contribution < -0.4 is 10.2 Å². The van der Waals surface area contributed by atoms with Gasteiger partial charge in [-0.1, -0.05) is 0 Å². The number of hydrogen-bond acceptors (Lipinski definition) is 7. The molecule has 1 aromatic heterocycles. The van der Waals surface area contributed by atoms with Crippen LogP contribution in [-0.4, -0.2) is 37.6 Å². The van der Waals surface area contributed by atoms with Crippen LogP contribution in [0.15, 0.2) is 29.6 Å². The van der Waals surface area contributed by atoms with E-state index >= 15 is 0 Å². The number of sulfone groups is 1. The molecule has 1 aromatic carbocycles. The van der Waals surface area contributed by atoms with E-state index in [9.17, 15) is 13.2 Å². The number of anilines is 3. The van der Waals surface area contributed by atoms with Crippen molar-refractivity contribution in [1.82, 2.24) is 9.97 Å². The van der Waals surface area contributed by atoms with Crippen molar-refractivity contribution in [2.24, 2.45) is 0 Å². The number of amides is 1. The highest BCUT2D eigenvalue weighted by atomic mass is 32.2. The zero-order valence-corrected chi connectivity index (χ0v) is 13.8. The molecule has 9 heteroatoms. The normalized spacial score (nSPS) is 13.5. The molecule has 0 spiro atoms. The van der Waals surface area contributed by atoms with Gasteiger partial charge in [0.2, 0.25) is 20.9 Å². The standard InChI is InChI=1S/C15H13N5O3S/c1-20-12-4-3-11(5-9(12)6-13(20)21)18-14-10(7-16)8-17-15(19-14)24(2,22)23/h3-5,8H,6H2,1-2H3,(H,17,18,19). The molecule has 2 aromatic rings. The third-order valence-electron chi connectivity index (χ3n) is 3.64. The number of nitrogens with zero attached hydrogens (tertiary/aromatic N) is 4. The number of benzene rings is 1. The van der Waals surface area contributed by atoms with Gasteiger partial charge in [0.05, 0.1) is 12.6 Å². The van der Waals surface area contributed by atoms with Gasteiger partial charge in [0.15, 0.2) is 5.82 Å². The minimum atomic E-state index is -3.59. The smallest absolute Gasteiger partial charge is 0.248 e. The van der Waals surface area contributed by atoms with Gasteiger partial charge in [-0.15, -0.1) is 0 Å². The van der Waals surface area contributed by atoms with E-state index in [-0.39, 0.29) is 22.4 Å². The fourth-order valence-corrected chi connectivity index (χ4v) is 2.91. The first-order valence-corrected chi connectivity index (χ1v) is 8.82. The van der Waals surface area contributed by atoms with Gasteiger partial charge in [-0.25, -0.2) is 13.4 Å². The molecule has 0 atom stereocenters. The number of nitriles is 1. The molecule has 122 valence electrons. The number of likely N-dealkylation sites (N-methyl/N-ethyl adjacent to an activating group) is 1. The summed E-state index contributed by atoms with van der Waals surface area (Å²) in [6.07, 6.45) is 2.45. The predicted molar refractivity (Wildman–Crippen MR) is 86.7 cm³/mol. The van der Waals surface area contributed by atoms with Crippen LogP contribution in [0.1, 0.15) is 11.1 Å². The van der Waals surface area contributed by atoms with Gasteiger partial charge in [0, 0.05) is 24.7 Å². The molecule has 8 nitrogen and oxygen atoms in total. The van der Waals surface area contributed by atoms with E-state index in [0.29, 0.717) is 12.1 Å². The molecule has 0 saturated heterocycles. The van der Waals surface area contributed by atoms with Gasteiger partial charge in [0.1, 0.15) is 11.6 Å². The van der Waals surface area contributed by atoms with Gasteiger partial charge in [0.25, 0.3) is 0 Å². The summed E-state index contributed by atoms with van der Waals surface area (Å²) in [6.45, 7) is 0. The molecule has 3 rings (SSSR count). The molecule has 0 aliphatic carbocycles. The summed E-state index contributed by atoms with van der Waals surface area (Å²) in [5.74, 6) is 0.104. The molecule has 0 radical (unpaired) electrons. The van der Waals surface area contributed by atoms with E-state index in [1.807, 2.05) is 6.07 Å². The van der Waals surface area contributed by atoms with E-state index in [1.165, 1.54) is 0 Å². The lowest BCUT2D eigenvalue weighted by molar-refractivity contribution is -0.117. The Kier molecular flexibility index (Phi) is 3.69. The highest BCUT2D eigenvalue weighted by Gasteiger charge is 2.24. The number of carbonyl (C=O) groups excluding carboxylic acids is 1. The van der Waals surface area contributed by atoms with Crippen molar-refractivity contribution >= 4 is 32.9 Å². The molecular weight excluding hydrogens is 330 g/mol. The van der Waals surface area contributed by atoms with Crippen molar-refractivity contribution in [3.8, 4) is 6.07 Å². The van der Waals surface area contributed by atoms with Crippen molar-refractivity contribution < 1.29 is 13.2 Å². The van der Waals surface area contributed by atoms with Crippen LogP contribution in [-0.2, 0) is 21.1 Å². The first-order chi connectivity index (χ1) is 11.3. The zero-order chi connectivity index (χ0) is 17.5. The maximum atomic E-state index is 11.7. The monoisotopic (exact) mass is 343 g/mol. The van der Waals surface area contributed by atoms with Crippen molar-refractivity contribution in [3.05, 3.63) is 35.5 Å². The number of nitrogens with one attached hydrogen (secondary N) is 1. The molecular formula is C15H13N5O3S. The van der Waals surface area contributed by atoms with E-state index in [2.05, 4.69) is 15.3 Å². The molecule has 1 N–H and O–H groups in total. The first-order valence-electron chi connectivity index (χ1n) is 6.93. The molecule has 1 aliphatic heterocycles. The maximum Gasteiger partial charge on any atom is 0.248 e. The van der Waals surface area contributed by atoms with Crippen LogP contribution in [0.2, 0.25) is 0 Å². The summed E-state index contributed by atoms with van der Waals surface area (Å²) >= 11 is 0. The Balaban J connectivity index is 1.99. The summed E-state index contributed by atoms with van der Waals surface area (Å²) in [5, 5.41) is 11.7. The van der Waals surface area contributed by atoms with Crippen molar-refractivity contribution in [3.63, 3.8) is 0 Å².